The first-order valence-corrected chi connectivity index (χ1v) is 11.4. The van der Waals surface area contributed by atoms with Crippen LogP contribution in [0.4, 0.5) is 0 Å². The normalized spacial score (nSPS) is 24.2. The summed E-state index contributed by atoms with van der Waals surface area (Å²) in [6.45, 7) is 3.99. The first-order valence-electron chi connectivity index (χ1n) is 10.5. The van der Waals surface area contributed by atoms with Crippen molar-refractivity contribution in [3.8, 4) is 11.1 Å². The van der Waals surface area contributed by atoms with E-state index in [9.17, 15) is 9.90 Å². The van der Waals surface area contributed by atoms with Gasteiger partial charge in [0.1, 0.15) is 0 Å². The highest BCUT2D eigenvalue weighted by molar-refractivity contribution is 7.12. The summed E-state index contributed by atoms with van der Waals surface area (Å²) < 4.78 is 0. The van der Waals surface area contributed by atoms with Gasteiger partial charge in [-0.3, -0.25) is 9.69 Å². The topological polar surface area (TPSA) is 52.6 Å². The summed E-state index contributed by atoms with van der Waals surface area (Å²) in [4.78, 5) is 16.2. The minimum Gasteiger partial charge on any atom is -0.391 e. The Kier molecular flexibility index (Phi) is 6.14. The molecule has 2 fully saturated rings. The van der Waals surface area contributed by atoms with Crippen molar-refractivity contribution in [2.75, 3.05) is 13.1 Å². The van der Waals surface area contributed by atoms with Gasteiger partial charge >= 0.3 is 0 Å². The fraction of sp³-hybridized carbons (Fsp3) is 0.522. The summed E-state index contributed by atoms with van der Waals surface area (Å²) in [5.74, 6) is 0.0433. The second-order valence-electron chi connectivity index (χ2n) is 8.23. The maximum Gasteiger partial charge on any atom is 0.262 e. The maximum absolute atomic E-state index is 12.9. The molecule has 1 saturated carbocycles. The number of amides is 1. The molecule has 2 N–H and O–H groups in total. The molecule has 1 aliphatic carbocycles. The predicted molar refractivity (Wildman–Crippen MR) is 115 cm³/mol. The number of hydrogen-bond donors (Lipinski definition) is 2. The average Bonchev–Trinajstić information content (AvgIpc) is 3.20. The van der Waals surface area contributed by atoms with Crippen molar-refractivity contribution in [1.82, 2.24) is 10.2 Å². The number of piperidine rings is 1. The molecule has 0 bridgehead atoms. The number of carbonyl (C=O) groups is 1. The second kappa shape index (κ2) is 8.76. The molecule has 0 unspecified atom stereocenters. The third-order valence-corrected chi connectivity index (χ3v) is 7.17. The third-order valence-electron chi connectivity index (χ3n) is 6.26. The van der Waals surface area contributed by atoms with E-state index in [0.29, 0.717) is 6.04 Å². The number of aryl methyl sites for hydroxylation is 1. The Morgan fingerprint density at radius 3 is 2.50 bits per heavy atom. The molecule has 2 heterocycles. The molecular formula is C23H30N2O2S. The SMILES string of the molecule is Cc1ccc(-c2ccsc2C(=O)NC2CCN([C@@H]3CCCC[C@H]3O)CC2)cc1. The molecule has 0 radical (unpaired) electrons. The zero-order valence-corrected chi connectivity index (χ0v) is 17.4. The molecule has 5 heteroatoms. The highest BCUT2D eigenvalue weighted by Gasteiger charge is 2.32. The molecule has 150 valence electrons. The van der Waals surface area contributed by atoms with Gasteiger partial charge in [-0.25, -0.2) is 0 Å². The Morgan fingerprint density at radius 2 is 1.79 bits per heavy atom. The largest absolute Gasteiger partial charge is 0.391 e. The standard InChI is InChI=1S/C23H30N2O2S/c1-16-6-8-17(9-7-16)19-12-15-28-22(19)23(27)24-18-10-13-25(14-11-18)20-4-2-3-5-21(20)26/h6-9,12,15,18,20-21,26H,2-5,10-11,13-14H2,1H3,(H,24,27)/t20-,21-/m1/s1. The fourth-order valence-corrected chi connectivity index (χ4v) is 5.41. The smallest absolute Gasteiger partial charge is 0.262 e. The minimum atomic E-state index is -0.178. The zero-order chi connectivity index (χ0) is 19.5. The van der Waals surface area contributed by atoms with E-state index in [0.717, 1.165) is 61.2 Å². The van der Waals surface area contributed by atoms with Crippen LogP contribution in [-0.2, 0) is 0 Å². The molecule has 1 aromatic carbocycles. The van der Waals surface area contributed by atoms with Crippen LogP contribution in [0.5, 0.6) is 0 Å². The van der Waals surface area contributed by atoms with Crippen molar-refractivity contribution in [2.24, 2.45) is 0 Å². The van der Waals surface area contributed by atoms with Gasteiger partial charge in [0.05, 0.1) is 11.0 Å². The Hall–Kier alpha value is -1.69. The molecule has 2 atom stereocenters. The molecule has 4 nitrogen and oxygen atoms in total. The van der Waals surface area contributed by atoms with Crippen molar-refractivity contribution in [1.29, 1.82) is 0 Å². The van der Waals surface area contributed by atoms with E-state index in [4.69, 9.17) is 0 Å². The van der Waals surface area contributed by atoms with Crippen LogP contribution >= 0.6 is 11.3 Å². The van der Waals surface area contributed by atoms with Gasteiger partial charge in [0, 0.05) is 30.7 Å². The van der Waals surface area contributed by atoms with Crippen LogP contribution in [0.2, 0.25) is 0 Å². The summed E-state index contributed by atoms with van der Waals surface area (Å²) in [5, 5.41) is 15.6. The molecule has 28 heavy (non-hydrogen) atoms. The number of benzene rings is 1. The molecule has 1 aliphatic heterocycles. The zero-order valence-electron chi connectivity index (χ0n) is 16.6. The van der Waals surface area contributed by atoms with E-state index in [1.54, 1.807) is 0 Å². The molecule has 1 aromatic heterocycles. The molecule has 2 aromatic rings. The van der Waals surface area contributed by atoms with Gasteiger partial charge in [0.2, 0.25) is 0 Å². The quantitative estimate of drug-likeness (QED) is 0.811. The monoisotopic (exact) mass is 398 g/mol. The lowest BCUT2D eigenvalue weighted by Crippen LogP contribution is -2.52. The van der Waals surface area contributed by atoms with Gasteiger partial charge in [-0.2, -0.15) is 0 Å². The summed E-state index contributed by atoms with van der Waals surface area (Å²) in [7, 11) is 0. The summed E-state index contributed by atoms with van der Waals surface area (Å²) in [6, 6.07) is 10.9. The number of rotatable bonds is 4. The lowest BCUT2D eigenvalue weighted by Gasteiger charge is -2.41. The lowest BCUT2D eigenvalue weighted by molar-refractivity contribution is 0.00729. The highest BCUT2D eigenvalue weighted by Crippen LogP contribution is 2.29. The predicted octanol–water partition coefficient (Wildman–Crippen LogP) is 4.22. The van der Waals surface area contributed by atoms with Gasteiger partial charge < -0.3 is 10.4 Å². The minimum absolute atomic E-state index is 0.0433. The second-order valence-corrected chi connectivity index (χ2v) is 9.15. The third kappa shape index (κ3) is 4.32. The number of nitrogens with one attached hydrogen (secondary N) is 1. The lowest BCUT2D eigenvalue weighted by atomic mass is 9.89. The summed E-state index contributed by atoms with van der Waals surface area (Å²) in [6.07, 6.45) is 6.14. The molecule has 2 aliphatic rings. The van der Waals surface area contributed by atoms with E-state index in [2.05, 4.69) is 41.4 Å². The highest BCUT2D eigenvalue weighted by atomic mass is 32.1. The van der Waals surface area contributed by atoms with Gasteiger partial charge in [0.15, 0.2) is 0 Å². The first kappa shape index (κ1) is 19.6. The van der Waals surface area contributed by atoms with Crippen LogP contribution in [-0.4, -0.2) is 47.2 Å². The van der Waals surface area contributed by atoms with Crippen molar-refractivity contribution in [3.63, 3.8) is 0 Å². The molecule has 0 spiro atoms. The van der Waals surface area contributed by atoms with Gasteiger partial charge in [-0.05, 0) is 49.6 Å². The number of likely N-dealkylation sites (tertiary alicyclic amines) is 1. The van der Waals surface area contributed by atoms with Gasteiger partial charge in [-0.1, -0.05) is 42.7 Å². The number of carbonyl (C=O) groups excluding carboxylic acids is 1. The van der Waals surface area contributed by atoms with Gasteiger partial charge in [-0.15, -0.1) is 11.3 Å². The molecule has 4 rings (SSSR count). The Bertz CT molecular complexity index is 793. The van der Waals surface area contributed by atoms with Crippen molar-refractivity contribution in [3.05, 3.63) is 46.2 Å². The van der Waals surface area contributed by atoms with Crippen molar-refractivity contribution < 1.29 is 9.90 Å². The number of nitrogens with zero attached hydrogens (tertiary/aromatic N) is 1. The number of aliphatic hydroxyl groups is 1. The number of hydrogen-bond acceptors (Lipinski definition) is 4. The Morgan fingerprint density at radius 1 is 1.07 bits per heavy atom. The van der Waals surface area contributed by atoms with Crippen LogP contribution in [0.25, 0.3) is 11.1 Å². The summed E-state index contributed by atoms with van der Waals surface area (Å²) >= 11 is 1.51. The van der Waals surface area contributed by atoms with E-state index < -0.39 is 0 Å². The fourth-order valence-electron chi connectivity index (χ4n) is 4.59. The Balaban J connectivity index is 1.35. The Labute approximate surface area is 171 Å². The van der Waals surface area contributed by atoms with E-state index in [1.807, 2.05) is 11.4 Å². The van der Waals surface area contributed by atoms with Crippen LogP contribution in [0.3, 0.4) is 0 Å². The van der Waals surface area contributed by atoms with Crippen LogP contribution in [0, 0.1) is 6.92 Å². The maximum atomic E-state index is 12.9. The first-order chi connectivity index (χ1) is 13.6. The number of thiophene rings is 1. The molecule has 1 amide bonds. The van der Waals surface area contributed by atoms with Crippen LogP contribution < -0.4 is 5.32 Å². The summed E-state index contributed by atoms with van der Waals surface area (Å²) in [5.41, 5.74) is 3.34. The molecular weight excluding hydrogens is 368 g/mol. The van der Waals surface area contributed by atoms with E-state index in [-0.39, 0.29) is 18.1 Å². The van der Waals surface area contributed by atoms with Crippen molar-refractivity contribution >= 4 is 17.2 Å². The van der Waals surface area contributed by atoms with Crippen LogP contribution in [0.15, 0.2) is 35.7 Å². The molecule has 1 saturated heterocycles. The number of aliphatic hydroxyl groups excluding tert-OH is 1. The van der Waals surface area contributed by atoms with E-state index >= 15 is 0 Å². The average molecular weight is 399 g/mol. The van der Waals surface area contributed by atoms with E-state index in [1.165, 1.54) is 23.3 Å². The van der Waals surface area contributed by atoms with Crippen LogP contribution in [0.1, 0.15) is 53.8 Å². The van der Waals surface area contributed by atoms with Crippen molar-refractivity contribution in [2.45, 2.75) is 63.6 Å². The van der Waals surface area contributed by atoms with Gasteiger partial charge in [0.25, 0.3) is 5.91 Å².